The van der Waals surface area contributed by atoms with Gasteiger partial charge in [-0.1, -0.05) is 12.1 Å². The molecule has 7 nitrogen and oxygen atoms in total. The Morgan fingerprint density at radius 1 is 1.11 bits per heavy atom. The molecule has 1 fully saturated rings. The molecule has 2 unspecified atom stereocenters. The van der Waals surface area contributed by atoms with E-state index in [1.165, 1.54) is 21.3 Å². The van der Waals surface area contributed by atoms with E-state index in [-0.39, 0.29) is 11.7 Å². The summed E-state index contributed by atoms with van der Waals surface area (Å²) in [5.41, 5.74) is -0.174. The van der Waals surface area contributed by atoms with Gasteiger partial charge in [0.2, 0.25) is 5.75 Å². The number of ether oxygens (including phenoxy) is 4. The van der Waals surface area contributed by atoms with Crippen molar-refractivity contribution in [3.63, 3.8) is 0 Å². The van der Waals surface area contributed by atoms with Crippen LogP contribution in [0.25, 0.3) is 0 Å². The number of hydrogen-bond donors (Lipinski definition) is 1. The van der Waals surface area contributed by atoms with Gasteiger partial charge >= 0.3 is 0 Å². The summed E-state index contributed by atoms with van der Waals surface area (Å²) in [4.78, 5) is 25.5. The second-order valence-corrected chi connectivity index (χ2v) is 6.48. The highest BCUT2D eigenvalue weighted by atomic mass is 16.5. The van der Waals surface area contributed by atoms with Gasteiger partial charge in [0, 0.05) is 24.2 Å². The zero-order valence-corrected chi connectivity index (χ0v) is 15.2. The number of rotatable bonds is 5. The number of Topliss-reactive ketones (excluding diaryl/α,β-unsaturated/α-hetero) is 1. The van der Waals surface area contributed by atoms with Gasteiger partial charge in [-0.3, -0.25) is 9.59 Å². The maximum absolute atomic E-state index is 12.9. The van der Waals surface area contributed by atoms with Gasteiger partial charge in [0.15, 0.2) is 22.9 Å². The summed E-state index contributed by atoms with van der Waals surface area (Å²) < 4.78 is 21.8. The summed E-state index contributed by atoms with van der Waals surface area (Å²) in [6.07, 6.45) is 0.358. The first-order chi connectivity index (χ1) is 13.0. The van der Waals surface area contributed by atoms with Crippen molar-refractivity contribution in [3.05, 3.63) is 42.0 Å². The minimum absolute atomic E-state index is 0.0584. The lowest BCUT2D eigenvalue weighted by Gasteiger charge is -2.25. The highest BCUT2D eigenvalue weighted by Crippen LogP contribution is 2.54. The molecular formula is C20H19NO6. The standard InChI is InChI=1S/C20H19NO6/c1-24-15-8-11(9-16(25-2)18(15)26-3)21-19(23)20-10-13(20)17(22)12-6-4-5-7-14(12)27-20/h4-9,13H,10H2,1-3H3,(H,21,23). The SMILES string of the molecule is COc1cc(NC(=O)C23CC2C(=O)c2ccccc2O3)cc(OC)c1OC. The van der Waals surface area contributed by atoms with Gasteiger partial charge in [-0.05, 0) is 12.1 Å². The van der Waals surface area contributed by atoms with Gasteiger partial charge in [-0.15, -0.1) is 0 Å². The van der Waals surface area contributed by atoms with Crippen molar-refractivity contribution in [3.8, 4) is 23.0 Å². The van der Waals surface area contributed by atoms with Crippen molar-refractivity contribution in [1.29, 1.82) is 0 Å². The Balaban J connectivity index is 1.62. The molecule has 27 heavy (non-hydrogen) atoms. The monoisotopic (exact) mass is 369 g/mol. The molecule has 2 aromatic rings. The largest absolute Gasteiger partial charge is 0.493 e. The van der Waals surface area contributed by atoms with Crippen molar-refractivity contribution >= 4 is 17.4 Å². The molecule has 0 saturated heterocycles. The van der Waals surface area contributed by atoms with Crippen LogP contribution in [0.3, 0.4) is 0 Å². The lowest BCUT2D eigenvalue weighted by molar-refractivity contribution is -0.125. The second-order valence-electron chi connectivity index (χ2n) is 6.48. The number of nitrogens with one attached hydrogen (secondary N) is 1. The van der Waals surface area contributed by atoms with Crippen LogP contribution in [-0.4, -0.2) is 38.6 Å². The van der Waals surface area contributed by atoms with Gasteiger partial charge in [-0.25, -0.2) is 0 Å². The Kier molecular flexibility index (Phi) is 3.95. The molecule has 7 heteroatoms. The number of ketones is 1. The predicted molar refractivity (Wildman–Crippen MR) is 97.0 cm³/mol. The van der Waals surface area contributed by atoms with E-state index in [9.17, 15) is 9.59 Å². The van der Waals surface area contributed by atoms with Crippen LogP contribution in [0.15, 0.2) is 36.4 Å². The van der Waals surface area contributed by atoms with Crippen molar-refractivity contribution < 1.29 is 28.5 Å². The molecule has 1 aliphatic carbocycles. The number of hydrogen-bond acceptors (Lipinski definition) is 6. The average molecular weight is 369 g/mol. The molecule has 4 rings (SSSR count). The van der Waals surface area contributed by atoms with Gasteiger partial charge < -0.3 is 24.3 Å². The Hall–Kier alpha value is -3.22. The summed E-state index contributed by atoms with van der Waals surface area (Å²) in [6, 6.07) is 10.2. The first kappa shape index (κ1) is 17.2. The molecule has 1 N–H and O–H groups in total. The van der Waals surface area contributed by atoms with E-state index in [0.29, 0.717) is 40.7 Å². The van der Waals surface area contributed by atoms with Crippen LogP contribution in [0.1, 0.15) is 16.8 Å². The Morgan fingerprint density at radius 3 is 2.41 bits per heavy atom. The van der Waals surface area contributed by atoms with Crippen molar-refractivity contribution in [2.24, 2.45) is 5.92 Å². The van der Waals surface area contributed by atoms with Crippen LogP contribution in [-0.2, 0) is 4.79 Å². The van der Waals surface area contributed by atoms with E-state index in [1.807, 2.05) is 0 Å². The first-order valence-electron chi connectivity index (χ1n) is 8.47. The van der Waals surface area contributed by atoms with E-state index in [2.05, 4.69) is 5.32 Å². The number of amides is 1. The first-order valence-corrected chi connectivity index (χ1v) is 8.47. The second kappa shape index (κ2) is 6.19. The lowest BCUT2D eigenvalue weighted by atomic mass is 10.0. The predicted octanol–water partition coefficient (Wildman–Crippen LogP) is 2.68. The Bertz CT molecular complexity index is 915. The van der Waals surface area contributed by atoms with Crippen LogP contribution in [0.4, 0.5) is 5.69 Å². The normalized spacial score (nSPS) is 22.0. The van der Waals surface area contributed by atoms with Crippen LogP contribution in [0.5, 0.6) is 23.0 Å². The number of benzene rings is 2. The number of methoxy groups -OCH3 is 3. The van der Waals surface area contributed by atoms with Crippen molar-refractivity contribution in [2.45, 2.75) is 12.0 Å². The van der Waals surface area contributed by atoms with Gasteiger partial charge in [0.1, 0.15) is 5.75 Å². The highest BCUT2D eigenvalue weighted by molar-refractivity contribution is 6.13. The van der Waals surface area contributed by atoms with Crippen LogP contribution in [0.2, 0.25) is 0 Å². The van der Waals surface area contributed by atoms with E-state index < -0.39 is 11.5 Å². The minimum Gasteiger partial charge on any atom is -0.493 e. The number of fused-ring (bicyclic) bond motifs is 2. The van der Waals surface area contributed by atoms with Crippen molar-refractivity contribution in [1.82, 2.24) is 0 Å². The number of para-hydroxylation sites is 1. The molecule has 2 aliphatic rings. The van der Waals surface area contributed by atoms with Crippen LogP contribution in [0, 0.1) is 5.92 Å². The molecule has 2 aromatic carbocycles. The van der Waals surface area contributed by atoms with E-state index in [1.54, 1.807) is 36.4 Å². The summed E-state index contributed by atoms with van der Waals surface area (Å²) in [5.74, 6) is 0.816. The fourth-order valence-electron chi connectivity index (χ4n) is 3.49. The topological polar surface area (TPSA) is 83.1 Å². The van der Waals surface area contributed by atoms with E-state index in [0.717, 1.165) is 0 Å². The highest BCUT2D eigenvalue weighted by Gasteiger charge is 2.69. The third kappa shape index (κ3) is 2.58. The zero-order valence-electron chi connectivity index (χ0n) is 15.2. The summed E-state index contributed by atoms with van der Waals surface area (Å²) >= 11 is 0. The fraction of sp³-hybridized carbons (Fsp3) is 0.300. The molecule has 2 atom stereocenters. The van der Waals surface area contributed by atoms with Gasteiger partial charge in [0.05, 0.1) is 32.8 Å². The molecular weight excluding hydrogens is 350 g/mol. The van der Waals surface area contributed by atoms with E-state index >= 15 is 0 Å². The molecule has 0 bridgehead atoms. The third-order valence-corrected chi connectivity index (χ3v) is 4.98. The Labute approximate surface area is 156 Å². The third-order valence-electron chi connectivity index (χ3n) is 4.98. The number of carbonyl (C=O) groups excluding carboxylic acids is 2. The summed E-state index contributed by atoms with van der Waals surface area (Å²) in [7, 11) is 4.50. The number of anilines is 1. The minimum atomic E-state index is -1.16. The van der Waals surface area contributed by atoms with Crippen LogP contribution < -0.4 is 24.3 Å². The van der Waals surface area contributed by atoms with E-state index in [4.69, 9.17) is 18.9 Å². The summed E-state index contributed by atoms with van der Waals surface area (Å²) in [5, 5.41) is 2.81. The zero-order chi connectivity index (χ0) is 19.2. The quantitative estimate of drug-likeness (QED) is 0.873. The fourth-order valence-corrected chi connectivity index (χ4v) is 3.49. The molecule has 0 aromatic heterocycles. The molecule has 1 heterocycles. The maximum atomic E-state index is 12.9. The smallest absolute Gasteiger partial charge is 0.269 e. The number of carbonyl (C=O) groups is 2. The van der Waals surface area contributed by atoms with Gasteiger partial charge in [0.25, 0.3) is 5.91 Å². The van der Waals surface area contributed by atoms with Gasteiger partial charge in [-0.2, -0.15) is 0 Å². The molecule has 1 aliphatic heterocycles. The van der Waals surface area contributed by atoms with Crippen LogP contribution >= 0.6 is 0 Å². The molecule has 140 valence electrons. The van der Waals surface area contributed by atoms with Crippen molar-refractivity contribution in [2.75, 3.05) is 26.6 Å². The molecule has 0 spiro atoms. The molecule has 0 radical (unpaired) electrons. The lowest BCUT2D eigenvalue weighted by Crippen LogP contribution is -2.41. The molecule has 1 amide bonds. The summed E-state index contributed by atoms with van der Waals surface area (Å²) in [6.45, 7) is 0. The molecule has 1 saturated carbocycles. The Morgan fingerprint density at radius 2 is 1.78 bits per heavy atom. The average Bonchev–Trinajstić information content (AvgIpc) is 3.43. The maximum Gasteiger partial charge on any atom is 0.269 e.